The van der Waals surface area contributed by atoms with Gasteiger partial charge in [0.15, 0.2) is 5.76 Å². The highest BCUT2D eigenvalue weighted by atomic mass is 35.5. The number of para-hydroxylation sites is 1. The van der Waals surface area contributed by atoms with E-state index in [0.717, 1.165) is 16.9 Å². The molecule has 0 spiro atoms. The highest BCUT2D eigenvalue weighted by Gasteiger charge is 2.18. The number of hydrogen-bond donors (Lipinski definition) is 0. The van der Waals surface area contributed by atoms with Crippen molar-refractivity contribution < 1.29 is 13.9 Å². The maximum atomic E-state index is 13.1. The van der Waals surface area contributed by atoms with Gasteiger partial charge in [-0.05, 0) is 37.3 Å². The average molecular weight is 407 g/mol. The number of aryl methyl sites for hydroxylation is 1. The van der Waals surface area contributed by atoms with Gasteiger partial charge in [-0.1, -0.05) is 59.6 Å². The third-order valence-corrected chi connectivity index (χ3v) is 4.70. The summed E-state index contributed by atoms with van der Waals surface area (Å²) < 4.78 is 17.6. The molecular weight excluding hydrogens is 388 g/mol. The Morgan fingerprint density at radius 2 is 1.62 bits per heavy atom. The Morgan fingerprint density at radius 3 is 2.38 bits per heavy atom. The third kappa shape index (κ3) is 4.28. The van der Waals surface area contributed by atoms with E-state index in [1.807, 2.05) is 61.5 Å². The summed E-state index contributed by atoms with van der Waals surface area (Å²) in [5.41, 5.74) is 2.08. The molecule has 5 heteroatoms. The Labute approximate surface area is 173 Å². The van der Waals surface area contributed by atoms with E-state index in [0.29, 0.717) is 28.4 Å². The van der Waals surface area contributed by atoms with E-state index in [2.05, 4.69) is 0 Å². The van der Waals surface area contributed by atoms with E-state index in [-0.39, 0.29) is 17.8 Å². The molecule has 146 valence electrons. The molecule has 0 amide bonds. The Balaban J connectivity index is 1.67. The molecule has 0 aliphatic rings. The van der Waals surface area contributed by atoms with Crippen molar-refractivity contribution in [1.82, 2.24) is 0 Å². The average Bonchev–Trinajstić information content (AvgIpc) is 2.74. The Morgan fingerprint density at radius 1 is 0.897 bits per heavy atom. The topological polar surface area (TPSA) is 48.7 Å². The molecule has 0 fully saturated rings. The van der Waals surface area contributed by atoms with Gasteiger partial charge in [0.2, 0.25) is 11.2 Å². The Hall–Kier alpha value is -3.24. The van der Waals surface area contributed by atoms with E-state index in [4.69, 9.17) is 25.5 Å². The first-order valence-corrected chi connectivity index (χ1v) is 9.64. The van der Waals surface area contributed by atoms with Crippen molar-refractivity contribution in [1.29, 1.82) is 0 Å². The van der Waals surface area contributed by atoms with Crippen molar-refractivity contribution in [2.45, 2.75) is 6.92 Å². The summed E-state index contributed by atoms with van der Waals surface area (Å²) in [6, 6.07) is 22.2. The summed E-state index contributed by atoms with van der Waals surface area (Å²) in [5, 5.41) is 0.846. The van der Waals surface area contributed by atoms with Crippen LogP contribution in [0.3, 0.4) is 0 Å². The van der Waals surface area contributed by atoms with Crippen LogP contribution >= 0.6 is 11.6 Å². The fourth-order valence-corrected chi connectivity index (χ4v) is 3.17. The minimum absolute atomic E-state index is 0.153. The minimum atomic E-state index is -0.260. The first kappa shape index (κ1) is 19.1. The maximum Gasteiger partial charge on any atom is 0.235 e. The molecule has 4 aromatic rings. The SMILES string of the molecule is Cc1ccc(-c2oc3ccc(Cl)cc3c(=O)c2OCCOc2ccccc2)cc1. The molecule has 0 atom stereocenters. The first-order valence-electron chi connectivity index (χ1n) is 9.26. The van der Waals surface area contributed by atoms with Gasteiger partial charge in [-0.15, -0.1) is 0 Å². The van der Waals surface area contributed by atoms with Gasteiger partial charge in [0.1, 0.15) is 24.5 Å². The minimum Gasteiger partial charge on any atom is -0.490 e. The lowest BCUT2D eigenvalue weighted by molar-refractivity contribution is 0.214. The van der Waals surface area contributed by atoms with Gasteiger partial charge in [-0.25, -0.2) is 0 Å². The van der Waals surface area contributed by atoms with Crippen molar-refractivity contribution in [2.75, 3.05) is 13.2 Å². The van der Waals surface area contributed by atoms with Crippen LogP contribution in [0.15, 0.2) is 82.0 Å². The molecule has 0 saturated carbocycles. The summed E-state index contributed by atoms with van der Waals surface area (Å²) in [4.78, 5) is 13.1. The van der Waals surface area contributed by atoms with Crippen LogP contribution in [-0.4, -0.2) is 13.2 Å². The molecule has 0 unspecified atom stereocenters. The fourth-order valence-electron chi connectivity index (χ4n) is 3.00. The molecule has 1 heterocycles. The van der Waals surface area contributed by atoms with Crippen molar-refractivity contribution in [3.63, 3.8) is 0 Å². The maximum absolute atomic E-state index is 13.1. The highest BCUT2D eigenvalue weighted by Crippen LogP contribution is 2.32. The Bertz CT molecular complexity index is 1180. The van der Waals surface area contributed by atoms with Crippen LogP contribution in [0.5, 0.6) is 11.5 Å². The molecule has 1 aromatic heterocycles. The van der Waals surface area contributed by atoms with Gasteiger partial charge in [0.25, 0.3) is 0 Å². The summed E-state index contributed by atoms with van der Waals surface area (Å²) >= 11 is 6.07. The van der Waals surface area contributed by atoms with Crippen LogP contribution in [0.1, 0.15) is 5.56 Å². The van der Waals surface area contributed by atoms with Gasteiger partial charge >= 0.3 is 0 Å². The van der Waals surface area contributed by atoms with E-state index >= 15 is 0 Å². The second-order valence-electron chi connectivity index (χ2n) is 6.61. The second kappa shape index (κ2) is 8.41. The zero-order valence-electron chi connectivity index (χ0n) is 15.9. The summed E-state index contributed by atoms with van der Waals surface area (Å²) in [7, 11) is 0. The molecule has 0 aliphatic carbocycles. The van der Waals surface area contributed by atoms with Crippen molar-refractivity contribution in [3.8, 4) is 22.8 Å². The van der Waals surface area contributed by atoms with Gasteiger partial charge in [0.05, 0.1) is 5.39 Å². The van der Waals surface area contributed by atoms with Crippen molar-refractivity contribution >= 4 is 22.6 Å². The molecule has 29 heavy (non-hydrogen) atoms. The van der Waals surface area contributed by atoms with Crippen LogP contribution < -0.4 is 14.9 Å². The zero-order chi connectivity index (χ0) is 20.2. The van der Waals surface area contributed by atoms with E-state index in [1.54, 1.807) is 18.2 Å². The third-order valence-electron chi connectivity index (χ3n) is 4.47. The monoisotopic (exact) mass is 406 g/mol. The summed E-state index contributed by atoms with van der Waals surface area (Å²) in [6.45, 7) is 2.50. The predicted molar refractivity (Wildman–Crippen MR) is 115 cm³/mol. The van der Waals surface area contributed by atoms with E-state index in [1.165, 1.54) is 0 Å². The van der Waals surface area contributed by atoms with Gasteiger partial charge in [-0.3, -0.25) is 4.79 Å². The molecule has 0 bridgehead atoms. The lowest BCUT2D eigenvalue weighted by Crippen LogP contribution is -2.15. The number of halogens is 1. The van der Waals surface area contributed by atoms with Gasteiger partial charge < -0.3 is 13.9 Å². The number of benzene rings is 3. The predicted octanol–water partition coefficient (Wildman–Crippen LogP) is 5.88. The molecule has 4 nitrogen and oxygen atoms in total. The lowest BCUT2D eigenvalue weighted by Gasteiger charge is -2.12. The van der Waals surface area contributed by atoms with Gasteiger partial charge in [-0.2, -0.15) is 0 Å². The second-order valence-corrected chi connectivity index (χ2v) is 7.04. The molecule has 0 N–H and O–H groups in total. The van der Waals surface area contributed by atoms with E-state index < -0.39 is 0 Å². The molecule has 0 radical (unpaired) electrons. The van der Waals surface area contributed by atoms with Crippen molar-refractivity contribution in [2.24, 2.45) is 0 Å². The summed E-state index contributed by atoms with van der Waals surface area (Å²) in [5.74, 6) is 1.29. The van der Waals surface area contributed by atoms with Crippen LogP contribution in [0.2, 0.25) is 5.02 Å². The normalized spacial score (nSPS) is 10.8. The molecule has 3 aromatic carbocycles. The number of fused-ring (bicyclic) bond motifs is 1. The number of rotatable bonds is 6. The van der Waals surface area contributed by atoms with Crippen LogP contribution in [-0.2, 0) is 0 Å². The Kier molecular flexibility index (Phi) is 5.54. The standard InChI is InChI=1S/C24H19ClO4/c1-16-7-9-17(10-8-16)23-24(28-14-13-27-19-5-3-2-4-6-19)22(26)20-15-18(25)11-12-21(20)29-23/h2-12,15H,13-14H2,1H3. The lowest BCUT2D eigenvalue weighted by atomic mass is 10.1. The van der Waals surface area contributed by atoms with E-state index in [9.17, 15) is 4.79 Å². The largest absolute Gasteiger partial charge is 0.490 e. The van der Waals surface area contributed by atoms with Crippen LogP contribution in [0, 0.1) is 6.92 Å². The van der Waals surface area contributed by atoms with Crippen LogP contribution in [0.4, 0.5) is 0 Å². The van der Waals surface area contributed by atoms with Crippen molar-refractivity contribution in [3.05, 3.63) is 93.6 Å². The first-order chi connectivity index (χ1) is 14.1. The number of ether oxygens (including phenoxy) is 2. The quantitative estimate of drug-likeness (QED) is 0.375. The fraction of sp³-hybridized carbons (Fsp3) is 0.125. The van der Waals surface area contributed by atoms with Crippen LogP contribution in [0.25, 0.3) is 22.3 Å². The smallest absolute Gasteiger partial charge is 0.235 e. The molecule has 4 rings (SSSR count). The number of hydrogen-bond acceptors (Lipinski definition) is 4. The molecule has 0 aliphatic heterocycles. The van der Waals surface area contributed by atoms with Gasteiger partial charge in [0, 0.05) is 10.6 Å². The highest BCUT2D eigenvalue weighted by molar-refractivity contribution is 6.31. The molecule has 0 saturated heterocycles. The molecular formula is C24H19ClO4. The summed E-state index contributed by atoms with van der Waals surface area (Å²) in [6.07, 6.45) is 0. The zero-order valence-corrected chi connectivity index (χ0v) is 16.6.